The summed E-state index contributed by atoms with van der Waals surface area (Å²) in [6.45, 7) is 14.8. The molecule has 0 radical (unpaired) electrons. The van der Waals surface area contributed by atoms with Gasteiger partial charge < -0.3 is 19.5 Å². The van der Waals surface area contributed by atoms with E-state index in [0.29, 0.717) is 5.52 Å². The predicted octanol–water partition coefficient (Wildman–Crippen LogP) is 5.15. The minimum Gasteiger partial charge on any atom is -0.443 e. The number of rotatable bonds is 1. The van der Waals surface area contributed by atoms with Gasteiger partial charge in [0.1, 0.15) is 11.2 Å². The Bertz CT molecular complexity index is 1440. The molecule has 0 spiro atoms. The first-order valence-corrected chi connectivity index (χ1v) is 12.1. The summed E-state index contributed by atoms with van der Waals surface area (Å²) in [5, 5.41) is 20.7. The molecule has 2 aromatic carbocycles. The molecule has 0 bridgehead atoms. The molecule has 4 rings (SSSR count). The molecule has 2 N–H and O–H groups in total. The van der Waals surface area contributed by atoms with Gasteiger partial charge in [0.05, 0.1) is 16.6 Å². The molecule has 37 heavy (non-hydrogen) atoms. The summed E-state index contributed by atoms with van der Waals surface area (Å²) >= 11 is 0. The molecule has 9 heteroatoms. The number of carbonyl (C=O) groups is 2. The molecule has 196 valence electrons. The smallest absolute Gasteiger partial charge is 0.443 e. The third kappa shape index (κ3) is 7.02. The van der Waals surface area contributed by atoms with Crippen molar-refractivity contribution in [2.75, 3.05) is 0 Å². The predicted molar refractivity (Wildman–Crippen MR) is 146 cm³/mol. The molecule has 4 aromatic rings. The molecule has 0 unspecified atom stereocenters. The highest BCUT2D eigenvalue weighted by Gasteiger charge is 2.27. The lowest BCUT2D eigenvalue weighted by atomic mass is 9.86. The fourth-order valence-corrected chi connectivity index (χ4v) is 3.79. The highest BCUT2D eigenvalue weighted by atomic mass is 16.6. The fourth-order valence-electron chi connectivity index (χ4n) is 3.79. The number of benzene rings is 2. The van der Waals surface area contributed by atoms with Crippen molar-refractivity contribution >= 4 is 46.7 Å². The summed E-state index contributed by atoms with van der Waals surface area (Å²) in [5.41, 5.74) is 2.64. The Morgan fingerprint density at radius 3 is 1.78 bits per heavy atom. The molecule has 0 saturated heterocycles. The van der Waals surface area contributed by atoms with Crippen LogP contribution in [0.25, 0.3) is 21.8 Å². The Kier molecular flexibility index (Phi) is 7.90. The third-order valence-electron chi connectivity index (χ3n) is 5.26. The monoisotopic (exact) mass is 506 g/mol. The zero-order valence-electron chi connectivity index (χ0n) is 22.7. The second kappa shape index (κ2) is 10.4. The summed E-state index contributed by atoms with van der Waals surface area (Å²) in [6.07, 6.45) is 0.786. The number of carbonyl (C=O) groups excluding carboxylic acids is 2. The largest absolute Gasteiger partial charge is 0.506 e. The Hall–Kier alpha value is -3.56. The van der Waals surface area contributed by atoms with E-state index in [1.54, 1.807) is 43.7 Å². The second-order valence-electron chi connectivity index (χ2n) is 11.0. The Morgan fingerprint density at radius 1 is 0.730 bits per heavy atom. The van der Waals surface area contributed by atoms with Crippen LogP contribution >= 0.6 is 0 Å². The molecular formula is C28H35BN2O6. The van der Waals surface area contributed by atoms with Crippen molar-refractivity contribution in [3.05, 3.63) is 65.9 Å². The number of hydrogen-bond donors (Lipinski definition) is 2. The SMILES string of the molecule is Cc1ccc2c(c1)cc(B(O)O)n2C(=O)OC(C)(C)C.Cc1ccc2c(ccn2C(=O)OC(C)(C)C)c1. The van der Waals surface area contributed by atoms with Crippen LogP contribution in [-0.2, 0) is 9.47 Å². The molecule has 2 heterocycles. The van der Waals surface area contributed by atoms with Gasteiger partial charge in [-0.05, 0) is 91.8 Å². The van der Waals surface area contributed by atoms with Crippen LogP contribution in [0, 0.1) is 13.8 Å². The molecule has 2 aromatic heterocycles. The van der Waals surface area contributed by atoms with Crippen molar-refractivity contribution in [3.63, 3.8) is 0 Å². The van der Waals surface area contributed by atoms with Gasteiger partial charge in [-0.15, -0.1) is 0 Å². The summed E-state index contributed by atoms with van der Waals surface area (Å²) in [4.78, 5) is 24.2. The highest BCUT2D eigenvalue weighted by Crippen LogP contribution is 2.20. The van der Waals surface area contributed by atoms with Gasteiger partial charge in [-0.1, -0.05) is 23.3 Å². The van der Waals surface area contributed by atoms with E-state index in [2.05, 4.69) is 6.07 Å². The van der Waals surface area contributed by atoms with Crippen molar-refractivity contribution in [2.45, 2.75) is 66.6 Å². The maximum Gasteiger partial charge on any atom is 0.506 e. The van der Waals surface area contributed by atoms with Gasteiger partial charge in [-0.25, -0.2) is 9.59 Å². The first-order valence-electron chi connectivity index (χ1n) is 12.1. The molecule has 8 nitrogen and oxygen atoms in total. The highest BCUT2D eigenvalue weighted by molar-refractivity contribution is 6.59. The zero-order chi connectivity index (χ0) is 27.7. The maximum absolute atomic E-state index is 12.3. The standard InChI is InChI=1S/C14H18BNO4.C14H17NO2/c1-9-5-6-11-10(7-9)8-12(15(18)19)16(11)13(17)20-14(2,3)4;1-10-5-6-12-11(9-10)7-8-15(12)13(16)17-14(2,3)4/h5-8,18-19H,1-4H3;5-9H,1-4H3. The number of hydrogen-bond acceptors (Lipinski definition) is 6. The van der Waals surface area contributed by atoms with Crippen LogP contribution in [-0.4, -0.2) is 49.7 Å². The molecule has 0 aliphatic carbocycles. The van der Waals surface area contributed by atoms with Gasteiger partial charge in [0.25, 0.3) is 0 Å². The van der Waals surface area contributed by atoms with E-state index in [0.717, 1.165) is 21.9 Å². The lowest BCUT2D eigenvalue weighted by molar-refractivity contribution is 0.0534. The average molecular weight is 506 g/mol. The van der Waals surface area contributed by atoms with Crippen molar-refractivity contribution in [1.29, 1.82) is 0 Å². The fraction of sp³-hybridized carbons (Fsp3) is 0.357. The second-order valence-corrected chi connectivity index (χ2v) is 11.0. The summed E-state index contributed by atoms with van der Waals surface area (Å²) < 4.78 is 13.4. The quantitative estimate of drug-likeness (QED) is 0.347. The number of ether oxygens (including phenoxy) is 2. The maximum atomic E-state index is 12.3. The summed E-state index contributed by atoms with van der Waals surface area (Å²) in [5.74, 6) is 0. The number of aryl methyl sites for hydroxylation is 2. The van der Waals surface area contributed by atoms with Crippen LogP contribution in [0.3, 0.4) is 0 Å². The van der Waals surface area contributed by atoms with E-state index in [4.69, 9.17) is 9.47 Å². The van der Waals surface area contributed by atoms with E-state index < -0.39 is 24.4 Å². The molecule has 0 atom stereocenters. The van der Waals surface area contributed by atoms with Crippen LogP contribution in [0.15, 0.2) is 54.7 Å². The molecule has 0 aliphatic rings. The van der Waals surface area contributed by atoms with Gasteiger partial charge in [-0.2, -0.15) is 0 Å². The van der Waals surface area contributed by atoms with Crippen molar-refractivity contribution < 1.29 is 29.1 Å². The molecule has 0 fully saturated rings. The molecule has 0 saturated carbocycles. The number of aromatic nitrogens is 2. The van der Waals surface area contributed by atoms with E-state index in [1.165, 1.54) is 10.1 Å². The van der Waals surface area contributed by atoms with Crippen LogP contribution in [0.4, 0.5) is 9.59 Å². The van der Waals surface area contributed by atoms with Crippen LogP contribution in [0.1, 0.15) is 52.7 Å². The van der Waals surface area contributed by atoms with Crippen molar-refractivity contribution in [3.8, 4) is 0 Å². The van der Waals surface area contributed by atoms with Crippen molar-refractivity contribution in [1.82, 2.24) is 9.13 Å². The molecular weight excluding hydrogens is 471 g/mol. The minimum absolute atomic E-state index is 0.0971. The van der Waals surface area contributed by atoms with E-state index >= 15 is 0 Å². The van der Waals surface area contributed by atoms with Crippen LogP contribution in [0.5, 0.6) is 0 Å². The van der Waals surface area contributed by atoms with Crippen molar-refractivity contribution in [2.24, 2.45) is 0 Å². The van der Waals surface area contributed by atoms with Crippen LogP contribution in [0.2, 0.25) is 0 Å². The Labute approximate surface area is 217 Å². The lowest BCUT2D eigenvalue weighted by Gasteiger charge is -2.21. The Balaban J connectivity index is 0.000000208. The van der Waals surface area contributed by atoms with Gasteiger partial charge in [-0.3, -0.25) is 9.13 Å². The molecule has 0 aliphatic heterocycles. The molecule has 0 amide bonds. The topological polar surface area (TPSA) is 103 Å². The average Bonchev–Trinajstić information content (AvgIpc) is 3.32. The van der Waals surface area contributed by atoms with Crippen LogP contribution < -0.4 is 5.59 Å². The van der Waals surface area contributed by atoms with E-state index in [-0.39, 0.29) is 11.7 Å². The first kappa shape index (κ1) is 28.0. The normalized spacial score (nSPS) is 11.7. The zero-order valence-corrected chi connectivity index (χ0v) is 22.7. The van der Waals surface area contributed by atoms with Gasteiger partial charge in [0.2, 0.25) is 0 Å². The first-order chi connectivity index (χ1) is 17.1. The minimum atomic E-state index is -1.74. The van der Waals surface area contributed by atoms with E-state index in [1.807, 2.05) is 65.0 Å². The van der Waals surface area contributed by atoms with Gasteiger partial charge in [0, 0.05) is 17.0 Å². The van der Waals surface area contributed by atoms with E-state index in [9.17, 15) is 19.6 Å². The Morgan fingerprint density at radius 2 is 1.24 bits per heavy atom. The summed E-state index contributed by atoms with van der Waals surface area (Å²) in [7, 11) is -1.74. The van der Waals surface area contributed by atoms with Gasteiger partial charge in [0.15, 0.2) is 0 Å². The summed E-state index contributed by atoms with van der Waals surface area (Å²) in [6, 6.07) is 15.0. The number of fused-ring (bicyclic) bond motifs is 2. The number of nitrogens with zero attached hydrogens (tertiary/aromatic N) is 2. The van der Waals surface area contributed by atoms with Gasteiger partial charge >= 0.3 is 19.3 Å². The third-order valence-corrected chi connectivity index (χ3v) is 5.26. The lowest BCUT2D eigenvalue weighted by Crippen LogP contribution is -2.40.